The summed E-state index contributed by atoms with van der Waals surface area (Å²) in [6, 6.07) is 1.64. The lowest BCUT2D eigenvalue weighted by Crippen LogP contribution is -2.02. The minimum Gasteiger partial charge on any atom is -0.468 e. The van der Waals surface area contributed by atoms with Crippen LogP contribution >= 0.6 is 0 Å². The highest BCUT2D eigenvalue weighted by Gasteiger charge is 2.08. The molecule has 2 N–H and O–H groups in total. The van der Waals surface area contributed by atoms with Crippen molar-refractivity contribution in [2.75, 3.05) is 13.7 Å². The Balaban J connectivity index is 2.70. The number of methoxy groups -OCH3 is 1. The molecule has 0 aliphatic rings. The van der Waals surface area contributed by atoms with E-state index in [0.717, 1.165) is 0 Å². The van der Waals surface area contributed by atoms with Gasteiger partial charge in [0.15, 0.2) is 0 Å². The minimum absolute atomic E-state index is 0.387. The second-order valence-corrected chi connectivity index (χ2v) is 2.33. The van der Waals surface area contributed by atoms with E-state index in [0.29, 0.717) is 24.3 Å². The molecular weight excluding hydrogens is 158 g/mol. The number of hydrogen-bond acceptors (Lipinski definition) is 4. The Morgan fingerprint density at radius 2 is 2.50 bits per heavy atom. The van der Waals surface area contributed by atoms with Crippen LogP contribution in [0.4, 0.5) is 0 Å². The monoisotopic (exact) mass is 169 g/mol. The fourth-order valence-corrected chi connectivity index (χ4v) is 0.879. The predicted molar refractivity (Wildman–Crippen MR) is 42.8 cm³/mol. The minimum atomic E-state index is -0.387. The van der Waals surface area contributed by atoms with Crippen molar-refractivity contribution in [1.29, 1.82) is 0 Å². The van der Waals surface area contributed by atoms with Crippen molar-refractivity contribution in [3.8, 4) is 0 Å². The highest BCUT2D eigenvalue weighted by Crippen LogP contribution is 2.08. The number of ether oxygens (including phenoxy) is 1. The summed E-state index contributed by atoms with van der Waals surface area (Å²) in [5.74, 6) is 0.319. The third-order valence-electron chi connectivity index (χ3n) is 1.47. The van der Waals surface area contributed by atoms with Crippen LogP contribution in [-0.4, -0.2) is 19.6 Å². The number of nitrogens with two attached hydrogens (primary N) is 1. The van der Waals surface area contributed by atoms with Gasteiger partial charge in [-0.15, -0.1) is 0 Å². The van der Waals surface area contributed by atoms with Gasteiger partial charge in [0.2, 0.25) is 0 Å². The summed E-state index contributed by atoms with van der Waals surface area (Å²) >= 11 is 0. The standard InChI is InChI=1S/C8H11NO3/c1-11-8(10)6-4-7(2-3-9)12-5-6/h4-5H,2-3,9H2,1H3. The van der Waals surface area contributed by atoms with Crippen molar-refractivity contribution in [3.63, 3.8) is 0 Å². The number of carbonyl (C=O) groups is 1. The molecule has 0 atom stereocenters. The van der Waals surface area contributed by atoms with Crippen molar-refractivity contribution in [1.82, 2.24) is 0 Å². The van der Waals surface area contributed by atoms with Crippen LogP contribution in [0.5, 0.6) is 0 Å². The van der Waals surface area contributed by atoms with Gasteiger partial charge in [-0.05, 0) is 12.6 Å². The molecule has 1 aromatic rings. The highest BCUT2D eigenvalue weighted by molar-refractivity contribution is 5.88. The zero-order valence-electron chi connectivity index (χ0n) is 6.87. The van der Waals surface area contributed by atoms with Crippen LogP contribution in [0.2, 0.25) is 0 Å². The molecule has 12 heavy (non-hydrogen) atoms. The SMILES string of the molecule is COC(=O)c1coc(CCN)c1. The first-order valence-corrected chi connectivity index (χ1v) is 3.63. The van der Waals surface area contributed by atoms with Crippen LogP contribution in [0.1, 0.15) is 16.1 Å². The molecule has 0 radical (unpaired) electrons. The molecule has 1 heterocycles. The van der Waals surface area contributed by atoms with Gasteiger partial charge in [-0.25, -0.2) is 4.79 Å². The fraction of sp³-hybridized carbons (Fsp3) is 0.375. The van der Waals surface area contributed by atoms with Crippen molar-refractivity contribution in [2.24, 2.45) is 5.73 Å². The maximum Gasteiger partial charge on any atom is 0.341 e. The summed E-state index contributed by atoms with van der Waals surface area (Å²) < 4.78 is 9.54. The molecule has 0 bridgehead atoms. The molecule has 4 heteroatoms. The van der Waals surface area contributed by atoms with Crippen molar-refractivity contribution >= 4 is 5.97 Å². The van der Waals surface area contributed by atoms with E-state index < -0.39 is 0 Å². The van der Waals surface area contributed by atoms with E-state index in [9.17, 15) is 4.79 Å². The van der Waals surface area contributed by atoms with Gasteiger partial charge in [-0.2, -0.15) is 0 Å². The lowest BCUT2D eigenvalue weighted by Gasteiger charge is -1.90. The Labute approximate surface area is 70.3 Å². The Bertz CT molecular complexity index is 267. The zero-order valence-corrected chi connectivity index (χ0v) is 6.87. The number of carbonyl (C=O) groups excluding carboxylic acids is 1. The van der Waals surface area contributed by atoms with Crippen LogP contribution in [0.25, 0.3) is 0 Å². The molecule has 0 aliphatic carbocycles. The van der Waals surface area contributed by atoms with E-state index in [4.69, 9.17) is 10.2 Å². The maximum absolute atomic E-state index is 10.9. The van der Waals surface area contributed by atoms with E-state index in [2.05, 4.69) is 4.74 Å². The summed E-state index contributed by atoms with van der Waals surface area (Å²) in [5.41, 5.74) is 5.73. The van der Waals surface area contributed by atoms with E-state index in [1.807, 2.05) is 0 Å². The molecule has 4 nitrogen and oxygen atoms in total. The molecule has 0 fully saturated rings. The van der Waals surface area contributed by atoms with Crippen LogP contribution in [0, 0.1) is 0 Å². The van der Waals surface area contributed by atoms with E-state index in [-0.39, 0.29) is 5.97 Å². The van der Waals surface area contributed by atoms with Crippen LogP contribution in [0.15, 0.2) is 16.7 Å². The molecule has 0 spiro atoms. The smallest absolute Gasteiger partial charge is 0.341 e. The number of rotatable bonds is 3. The third kappa shape index (κ3) is 1.85. The van der Waals surface area contributed by atoms with Gasteiger partial charge in [0, 0.05) is 6.42 Å². The number of furan rings is 1. The van der Waals surface area contributed by atoms with E-state index in [1.165, 1.54) is 13.4 Å². The molecule has 1 rings (SSSR count). The van der Waals surface area contributed by atoms with Crippen LogP contribution in [-0.2, 0) is 11.2 Å². The average molecular weight is 169 g/mol. The molecule has 1 aromatic heterocycles. The van der Waals surface area contributed by atoms with Gasteiger partial charge in [-0.1, -0.05) is 0 Å². The van der Waals surface area contributed by atoms with Gasteiger partial charge in [0.05, 0.1) is 12.7 Å². The summed E-state index contributed by atoms with van der Waals surface area (Å²) in [6.07, 6.45) is 2.01. The number of esters is 1. The second kappa shape index (κ2) is 3.92. The molecule has 0 saturated carbocycles. The molecular formula is C8H11NO3. The lowest BCUT2D eigenvalue weighted by atomic mass is 10.3. The van der Waals surface area contributed by atoms with E-state index in [1.54, 1.807) is 6.07 Å². The van der Waals surface area contributed by atoms with Crippen molar-refractivity contribution < 1.29 is 13.9 Å². The highest BCUT2D eigenvalue weighted by atomic mass is 16.5. The molecule has 0 aromatic carbocycles. The summed E-state index contributed by atoms with van der Waals surface area (Å²) in [6.45, 7) is 0.508. The Morgan fingerprint density at radius 3 is 3.08 bits per heavy atom. The predicted octanol–water partition coefficient (Wildman–Crippen LogP) is 0.567. The van der Waals surface area contributed by atoms with Gasteiger partial charge in [0.1, 0.15) is 12.0 Å². The van der Waals surface area contributed by atoms with Gasteiger partial charge in [0.25, 0.3) is 0 Å². The molecule has 66 valence electrons. The van der Waals surface area contributed by atoms with Crippen molar-refractivity contribution in [2.45, 2.75) is 6.42 Å². The first-order valence-electron chi connectivity index (χ1n) is 3.63. The first-order chi connectivity index (χ1) is 5.77. The third-order valence-corrected chi connectivity index (χ3v) is 1.47. The van der Waals surface area contributed by atoms with Gasteiger partial charge in [-0.3, -0.25) is 0 Å². The maximum atomic E-state index is 10.9. The molecule has 0 unspecified atom stereocenters. The Morgan fingerprint density at radius 1 is 1.75 bits per heavy atom. The molecule has 0 amide bonds. The van der Waals surface area contributed by atoms with Crippen LogP contribution in [0.3, 0.4) is 0 Å². The molecule has 0 aliphatic heterocycles. The largest absolute Gasteiger partial charge is 0.468 e. The normalized spacial score (nSPS) is 9.83. The lowest BCUT2D eigenvalue weighted by molar-refractivity contribution is 0.0600. The second-order valence-electron chi connectivity index (χ2n) is 2.33. The topological polar surface area (TPSA) is 65.5 Å². The van der Waals surface area contributed by atoms with Gasteiger partial charge >= 0.3 is 5.97 Å². The first kappa shape index (κ1) is 8.80. The van der Waals surface area contributed by atoms with Gasteiger partial charge < -0.3 is 14.9 Å². The van der Waals surface area contributed by atoms with E-state index >= 15 is 0 Å². The summed E-state index contributed by atoms with van der Waals surface area (Å²) in [4.78, 5) is 10.9. The Hall–Kier alpha value is -1.29. The van der Waals surface area contributed by atoms with Crippen LogP contribution < -0.4 is 5.73 Å². The fourth-order valence-electron chi connectivity index (χ4n) is 0.879. The average Bonchev–Trinajstić information content (AvgIpc) is 2.52. The zero-order chi connectivity index (χ0) is 8.97. The van der Waals surface area contributed by atoms with Crippen molar-refractivity contribution in [3.05, 3.63) is 23.7 Å². The number of hydrogen-bond donors (Lipinski definition) is 1. The summed E-state index contributed by atoms with van der Waals surface area (Å²) in [7, 11) is 1.33. The summed E-state index contributed by atoms with van der Waals surface area (Å²) in [5, 5.41) is 0. The molecule has 0 saturated heterocycles. The Kier molecular flexibility index (Phi) is 2.88. The quantitative estimate of drug-likeness (QED) is 0.672.